The standard InChI is InChI=1S/C13H23N3S/c1-5-11-15-10(2)12(17-11)13(3,4)16-8-6-14-7-9-16/h14H,5-9H2,1-4H3. The fourth-order valence-electron chi connectivity index (χ4n) is 2.54. The molecule has 1 fully saturated rings. The molecule has 1 aliphatic rings. The Bertz CT molecular complexity index is 378. The topological polar surface area (TPSA) is 28.2 Å². The largest absolute Gasteiger partial charge is 0.314 e. The fourth-order valence-corrected chi connectivity index (χ4v) is 3.67. The van der Waals surface area contributed by atoms with Crippen LogP contribution in [-0.4, -0.2) is 36.1 Å². The second-order valence-electron chi connectivity index (χ2n) is 5.17. The van der Waals surface area contributed by atoms with Crippen LogP contribution in [-0.2, 0) is 12.0 Å². The van der Waals surface area contributed by atoms with Crippen molar-refractivity contribution >= 4 is 11.3 Å². The van der Waals surface area contributed by atoms with Crippen molar-refractivity contribution < 1.29 is 0 Å². The van der Waals surface area contributed by atoms with Crippen LogP contribution in [0.15, 0.2) is 0 Å². The number of piperazine rings is 1. The van der Waals surface area contributed by atoms with Gasteiger partial charge in [0.15, 0.2) is 0 Å². The molecule has 0 radical (unpaired) electrons. The summed E-state index contributed by atoms with van der Waals surface area (Å²) in [6.45, 7) is 13.5. The summed E-state index contributed by atoms with van der Waals surface area (Å²) in [5.74, 6) is 0. The van der Waals surface area contributed by atoms with Crippen LogP contribution in [0.25, 0.3) is 0 Å². The van der Waals surface area contributed by atoms with E-state index in [9.17, 15) is 0 Å². The van der Waals surface area contributed by atoms with Crippen LogP contribution < -0.4 is 5.32 Å². The van der Waals surface area contributed by atoms with Gasteiger partial charge < -0.3 is 5.32 Å². The number of thiazole rings is 1. The molecule has 0 unspecified atom stereocenters. The van der Waals surface area contributed by atoms with Crippen LogP contribution >= 0.6 is 11.3 Å². The van der Waals surface area contributed by atoms with Gasteiger partial charge in [-0.2, -0.15) is 0 Å². The summed E-state index contributed by atoms with van der Waals surface area (Å²) in [7, 11) is 0. The Kier molecular flexibility index (Phi) is 3.85. The lowest BCUT2D eigenvalue weighted by Gasteiger charge is -2.40. The normalized spacial score (nSPS) is 18.6. The molecule has 1 aromatic rings. The van der Waals surface area contributed by atoms with E-state index in [2.05, 4.69) is 42.9 Å². The zero-order valence-electron chi connectivity index (χ0n) is 11.3. The van der Waals surface area contributed by atoms with Crippen LogP contribution in [0, 0.1) is 6.92 Å². The number of nitrogens with zero attached hydrogens (tertiary/aromatic N) is 2. The number of nitrogens with one attached hydrogen (secondary N) is 1. The lowest BCUT2D eigenvalue weighted by molar-refractivity contribution is 0.105. The summed E-state index contributed by atoms with van der Waals surface area (Å²) in [6, 6.07) is 0. The first-order chi connectivity index (χ1) is 8.05. The summed E-state index contributed by atoms with van der Waals surface area (Å²) in [5.41, 5.74) is 1.34. The van der Waals surface area contributed by atoms with Crippen molar-refractivity contribution in [2.24, 2.45) is 0 Å². The highest BCUT2D eigenvalue weighted by Gasteiger charge is 2.33. The van der Waals surface area contributed by atoms with Gasteiger partial charge in [-0.05, 0) is 27.2 Å². The predicted molar refractivity (Wildman–Crippen MR) is 73.7 cm³/mol. The Morgan fingerprint density at radius 3 is 2.53 bits per heavy atom. The molecule has 1 N–H and O–H groups in total. The third-order valence-corrected chi connectivity index (χ3v) is 5.22. The average Bonchev–Trinajstić information content (AvgIpc) is 2.72. The first kappa shape index (κ1) is 13.0. The highest BCUT2D eigenvalue weighted by Crippen LogP contribution is 2.34. The van der Waals surface area contributed by atoms with E-state index in [0.717, 1.165) is 32.6 Å². The molecule has 1 aromatic heterocycles. The van der Waals surface area contributed by atoms with Crippen molar-refractivity contribution in [3.05, 3.63) is 15.6 Å². The zero-order chi connectivity index (χ0) is 12.5. The summed E-state index contributed by atoms with van der Waals surface area (Å²) < 4.78 is 0. The first-order valence-corrected chi connectivity index (χ1v) is 7.30. The third-order valence-electron chi connectivity index (χ3n) is 3.61. The quantitative estimate of drug-likeness (QED) is 0.894. The van der Waals surface area contributed by atoms with E-state index in [1.165, 1.54) is 15.6 Å². The van der Waals surface area contributed by atoms with Crippen molar-refractivity contribution in [3.8, 4) is 0 Å². The van der Waals surface area contributed by atoms with Gasteiger partial charge in [-0.3, -0.25) is 4.90 Å². The monoisotopic (exact) mass is 253 g/mol. The minimum atomic E-state index is 0.122. The number of hydrogen-bond donors (Lipinski definition) is 1. The maximum atomic E-state index is 4.67. The number of aromatic nitrogens is 1. The molecule has 0 bridgehead atoms. The van der Waals surface area contributed by atoms with Crippen molar-refractivity contribution in [3.63, 3.8) is 0 Å². The van der Waals surface area contributed by atoms with E-state index in [4.69, 9.17) is 0 Å². The molecule has 0 spiro atoms. The Morgan fingerprint density at radius 2 is 2.00 bits per heavy atom. The van der Waals surface area contributed by atoms with Crippen molar-refractivity contribution in [1.29, 1.82) is 0 Å². The minimum absolute atomic E-state index is 0.122. The van der Waals surface area contributed by atoms with E-state index in [-0.39, 0.29) is 5.54 Å². The van der Waals surface area contributed by atoms with Gasteiger partial charge in [0.05, 0.1) is 16.2 Å². The van der Waals surface area contributed by atoms with Gasteiger partial charge in [0, 0.05) is 31.1 Å². The minimum Gasteiger partial charge on any atom is -0.314 e. The molecule has 1 saturated heterocycles. The number of hydrogen-bond acceptors (Lipinski definition) is 4. The molecule has 96 valence electrons. The van der Waals surface area contributed by atoms with E-state index >= 15 is 0 Å². The molecular formula is C13H23N3S. The Balaban J connectivity index is 2.25. The Morgan fingerprint density at radius 1 is 1.35 bits per heavy atom. The molecule has 1 aliphatic heterocycles. The Hall–Kier alpha value is -0.450. The van der Waals surface area contributed by atoms with Crippen LogP contribution in [0.5, 0.6) is 0 Å². The molecule has 0 amide bonds. The molecule has 0 aliphatic carbocycles. The predicted octanol–water partition coefficient (Wildman–Crippen LogP) is 2.15. The summed E-state index contributed by atoms with van der Waals surface area (Å²) in [4.78, 5) is 8.68. The van der Waals surface area contributed by atoms with E-state index < -0.39 is 0 Å². The molecule has 0 saturated carbocycles. The van der Waals surface area contributed by atoms with Gasteiger partial charge in [-0.1, -0.05) is 6.92 Å². The van der Waals surface area contributed by atoms with Gasteiger partial charge in [-0.25, -0.2) is 4.98 Å². The van der Waals surface area contributed by atoms with Gasteiger partial charge in [0.25, 0.3) is 0 Å². The molecule has 0 atom stereocenters. The molecule has 2 rings (SSSR count). The van der Waals surface area contributed by atoms with Crippen LogP contribution in [0.1, 0.15) is 36.3 Å². The highest BCUT2D eigenvalue weighted by atomic mass is 32.1. The molecule has 2 heterocycles. The van der Waals surface area contributed by atoms with Crippen molar-refractivity contribution in [2.75, 3.05) is 26.2 Å². The average molecular weight is 253 g/mol. The summed E-state index contributed by atoms with van der Waals surface area (Å²) >= 11 is 1.89. The fraction of sp³-hybridized carbons (Fsp3) is 0.769. The third kappa shape index (κ3) is 2.54. The molecule has 0 aromatic carbocycles. The molecule has 4 heteroatoms. The number of rotatable bonds is 3. The smallest absolute Gasteiger partial charge is 0.0928 e. The molecular weight excluding hydrogens is 230 g/mol. The zero-order valence-corrected chi connectivity index (χ0v) is 12.2. The van der Waals surface area contributed by atoms with Crippen molar-refractivity contribution in [1.82, 2.24) is 15.2 Å². The van der Waals surface area contributed by atoms with Gasteiger partial charge in [0.2, 0.25) is 0 Å². The van der Waals surface area contributed by atoms with E-state index in [1.54, 1.807) is 0 Å². The van der Waals surface area contributed by atoms with Crippen LogP contribution in [0.3, 0.4) is 0 Å². The van der Waals surface area contributed by atoms with Gasteiger partial charge in [0.1, 0.15) is 0 Å². The SMILES string of the molecule is CCc1nc(C)c(C(C)(C)N2CCNCC2)s1. The molecule has 17 heavy (non-hydrogen) atoms. The summed E-state index contributed by atoms with van der Waals surface area (Å²) in [5, 5.41) is 4.68. The maximum absolute atomic E-state index is 4.67. The first-order valence-electron chi connectivity index (χ1n) is 6.48. The Labute approximate surface area is 108 Å². The lowest BCUT2D eigenvalue weighted by Crippen LogP contribution is -2.51. The second-order valence-corrected chi connectivity index (χ2v) is 6.26. The maximum Gasteiger partial charge on any atom is 0.0928 e. The lowest BCUT2D eigenvalue weighted by atomic mass is 9.98. The van der Waals surface area contributed by atoms with Crippen LogP contribution in [0.4, 0.5) is 0 Å². The number of aryl methyl sites for hydroxylation is 2. The van der Waals surface area contributed by atoms with E-state index in [0.29, 0.717) is 0 Å². The van der Waals surface area contributed by atoms with Crippen LogP contribution in [0.2, 0.25) is 0 Å². The van der Waals surface area contributed by atoms with Crippen molar-refractivity contribution in [2.45, 2.75) is 39.7 Å². The van der Waals surface area contributed by atoms with Gasteiger partial charge in [-0.15, -0.1) is 11.3 Å². The van der Waals surface area contributed by atoms with Gasteiger partial charge >= 0.3 is 0 Å². The summed E-state index contributed by atoms with van der Waals surface area (Å²) in [6.07, 6.45) is 1.04. The van der Waals surface area contributed by atoms with E-state index in [1.807, 2.05) is 11.3 Å². The molecule has 3 nitrogen and oxygen atoms in total. The second kappa shape index (κ2) is 5.04. The highest BCUT2D eigenvalue weighted by molar-refractivity contribution is 7.11.